The normalized spacial score (nSPS) is 37.7. The number of rotatable bonds is 4. The second-order valence-corrected chi connectivity index (χ2v) is 5.63. The van der Waals surface area contributed by atoms with Gasteiger partial charge in [-0.1, -0.05) is 12.2 Å². The average Bonchev–Trinajstić information content (AvgIpc) is 3.06. The number of nitrogens with zero attached hydrogens (tertiary/aromatic N) is 1. The van der Waals surface area contributed by atoms with Crippen LogP contribution in [0.1, 0.15) is 13.8 Å². The van der Waals surface area contributed by atoms with Crippen LogP contribution < -0.4 is 0 Å². The minimum absolute atomic E-state index is 0.188. The minimum atomic E-state index is -1.05. The number of esters is 1. The van der Waals surface area contributed by atoms with Crippen LogP contribution in [0.15, 0.2) is 12.2 Å². The topological polar surface area (TPSA) is 93.1 Å². The lowest BCUT2D eigenvalue weighted by molar-refractivity contribution is -0.155. The fourth-order valence-corrected chi connectivity index (χ4v) is 3.53. The predicted octanol–water partition coefficient (Wildman–Crippen LogP) is -0.195. The van der Waals surface area contributed by atoms with Gasteiger partial charge in [-0.3, -0.25) is 9.59 Å². The second-order valence-electron chi connectivity index (χ2n) is 5.63. The number of carboxylic acids is 1. The summed E-state index contributed by atoms with van der Waals surface area (Å²) in [5, 5.41) is 9.34. The van der Waals surface area contributed by atoms with Gasteiger partial charge in [0, 0.05) is 0 Å². The predicted molar refractivity (Wildman–Crippen MR) is 69.2 cm³/mol. The van der Waals surface area contributed by atoms with Gasteiger partial charge in [0.1, 0.15) is 17.6 Å². The maximum atomic E-state index is 12.6. The summed E-state index contributed by atoms with van der Waals surface area (Å²) in [6, 6.07) is -0.747. The summed E-state index contributed by atoms with van der Waals surface area (Å²) < 4.78 is 10.7. The third-order valence-corrected chi connectivity index (χ3v) is 4.51. The van der Waals surface area contributed by atoms with E-state index >= 15 is 0 Å². The molecule has 5 unspecified atom stereocenters. The lowest BCUT2D eigenvalue weighted by atomic mass is 9.77. The lowest BCUT2D eigenvalue weighted by Gasteiger charge is -2.25. The van der Waals surface area contributed by atoms with Gasteiger partial charge in [-0.2, -0.15) is 0 Å². The molecule has 2 saturated heterocycles. The van der Waals surface area contributed by atoms with E-state index in [1.165, 1.54) is 4.90 Å². The van der Waals surface area contributed by atoms with Crippen LogP contribution in [-0.2, 0) is 23.9 Å². The van der Waals surface area contributed by atoms with E-state index in [1.807, 2.05) is 0 Å². The molecule has 1 N–H and O–H groups in total. The number of likely N-dealkylation sites (tertiary alicyclic amines) is 1. The van der Waals surface area contributed by atoms with E-state index in [1.54, 1.807) is 26.0 Å². The monoisotopic (exact) mass is 295 g/mol. The minimum Gasteiger partial charge on any atom is -0.481 e. The van der Waals surface area contributed by atoms with Crippen molar-refractivity contribution in [2.45, 2.75) is 31.6 Å². The molecule has 0 aromatic heterocycles. The number of carbonyl (C=O) groups excluding carboxylic acids is 2. The van der Waals surface area contributed by atoms with Gasteiger partial charge in [0.15, 0.2) is 0 Å². The Labute approximate surface area is 121 Å². The highest BCUT2D eigenvalue weighted by Crippen LogP contribution is 2.52. The van der Waals surface area contributed by atoms with Gasteiger partial charge in [0.05, 0.1) is 25.2 Å². The van der Waals surface area contributed by atoms with Crippen LogP contribution in [0.3, 0.4) is 0 Å². The molecule has 3 rings (SSSR count). The molecule has 3 aliphatic heterocycles. The molecule has 3 aliphatic rings. The maximum absolute atomic E-state index is 12.6. The van der Waals surface area contributed by atoms with E-state index < -0.39 is 41.5 Å². The molecule has 2 bridgehead atoms. The van der Waals surface area contributed by atoms with Crippen molar-refractivity contribution in [1.82, 2.24) is 4.90 Å². The number of hydrogen-bond donors (Lipinski definition) is 1. The van der Waals surface area contributed by atoms with E-state index in [2.05, 4.69) is 0 Å². The third-order valence-electron chi connectivity index (χ3n) is 4.51. The molecule has 5 atom stereocenters. The molecule has 0 aromatic rings. The fourth-order valence-electron chi connectivity index (χ4n) is 3.53. The van der Waals surface area contributed by atoms with Crippen LogP contribution in [0.5, 0.6) is 0 Å². The van der Waals surface area contributed by atoms with Crippen LogP contribution in [-0.4, -0.2) is 58.8 Å². The summed E-state index contributed by atoms with van der Waals surface area (Å²) in [4.78, 5) is 37.2. The van der Waals surface area contributed by atoms with E-state index in [4.69, 9.17) is 9.47 Å². The van der Waals surface area contributed by atoms with Gasteiger partial charge in [-0.15, -0.1) is 0 Å². The van der Waals surface area contributed by atoms with Crippen molar-refractivity contribution in [2.24, 2.45) is 11.8 Å². The summed E-state index contributed by atoms with van der Waals surface area (Å²) in [5.41, 5.74) is -0.911. The summed E-state index contributed by atoms with van der Waals surface area (Å²) in [5.74, 6) is -3.54. The Kier molecular flexibility index (Phi) is 3.05. The van der Waals surface area contributed by atoms with Crippen molar-refractivity contribution < 1.29 is 29.0 Å². The number of aliphatic carboxylic acids is 1. The summed E-state index contributed by atoms with van der Waals surface area (Å²) in [6.45, 7) is 3.69. The van der Waals surface area contributed by atoms with Gasteiger partial charge in [-0.25, -0.2) is 4.79 Å². The summed E-state index contributed by atoms with van der Waals surface area (Å²) in [6.07, 6.45) is 2.90. The van der Waals surface area contributed by atoms with E-state index in [0.29, 0.717) is 0 Å². The maximum Gasteiger partial charge on any atom is 0.328 e. The average molecular weight is 295 g/mol. The van der Waals surface area contributed by atoms with Crippen molar-refractivity contribution in [2.75, 3.05) is 13.2 Å². The smallest absolute Gasteiger partial charge is 0.328 e. The summed E-state index contributed by atoms with van der Waals surface area (Å²) in [7, 11) is 0. The van der Waals surface area contributed by atoms with Gasteiger partial charge in [-0.05, 0) is 13.8 Å². The quantitative estimate of drug-likeness (QED) is 0.570. The Bertz CT molecular complexity index is 544. The van der Waals surface area contributed by atoms with Crippen molar-refractivity contribution in [1.29, 1.82) is 0 Å². The Morgan fingerprint density at radius 1 is 1.62 bits per heavy atom. The lowest BCUT2D eigenvalue weighted by Crippen LogP contribution is -2.44. The van der Waals surface area contributed by atoms with Crippen molar-refractivity contribution in [3.63, 3.8) is 0 Å². The second kappa shape index (κ2) is 4.56. The molecule has 1 spiro atoms. The molecule has 0 aromatic carbocycles. The zero-order valence-corrected chi connectivity index (χ0v) is 11.8. The molecule has 114 valence electrons. The van der Waals surface area contributed by atoms with Crippen LogP contribution in [0, 0.1) is 11.8 Å². The zero-order chi connectivity index (χ0) is 15.4. The van der Waals surface area contributed by atoms with E-state index in [9.17, 15) is 19.5 Å². The van der Waals surface area contributed by atoms with Crippen molar-refractivity contribution in [3.8, 4) is 0 Å². The summed E-state index contributed by atoms with van der Waals surface area (Å²) >= 11 is 0. The number of ether oxygens (including phenoxy) is 2. The molecule has 21 heavy (non-hydrogen) atoms. The highest BCUT2D eigenvalue weighted by Gasteiger charge is 2.67. The van der Waals surface area contributed by atoms with E-state index in [-0.39, 0.29) is 19.1 Å². The van der Waals surface area contributed by atoms with Crippen LogP contribution >= 0.6 is 0 Å². The first kappa shape index (κ1) is 14.1. The largest absolute Gasteiger partial charge is 0.481 e. The third kappa shape index (κ3) is 1.80. The van der Waals surface area contributed by atoms with Gasteiger partial charge >= 0.3 is 11.9 Å². The first-order chi connectivity index (χ1) is 9.91. The Morgan fingerprint density at radius 2 is 2.33 bits per heavy atom. The molecule has 7 heteroatoms. The van der Waals surface area contributed by atoms with Crippen LogP contribution in [0.4, 0.5) is 0 Å². The van der Waals surface area contributed by atoms with Gasteiger partial charge in [0.2, 0.25) is 5.91 Å². The molecule has 0 aliphatic carbocycles. The molecule has 3 heterocycles. The molecule has 0 saturated carbocycles. The number of carboxylic acid groups (broad SMARTS) is 1. The molecule has 7 nitrogen and oxygen atoms in total. The number of carbonyl (C=O) groups is 3. The first-order valence-electron chi connectivity index (χ1n) is 6.98. The highest BCUT2D eigenvalue weighted by atomic mass is 16.5. The Balaban J connectivity index is 1.87. The standard InChI is InChI=1S/C14H17NO6/c1-3-20-13(19)7(2)15-6-14-5-4-8(21-14)9(12(17)18)10(14)11(15)16/h4-5,7-10H,3,6H2,1-2H3,(H,17,18). The number of amides is 1. The first-order valence-corrected chi connectivity index (χ1v) is 6.98. The Morgan fingerprint density at radius 3 is 2.95 bits per heavy atom. The number of hydrogen-bond acceptors (Lipinski definition) is 5. The van der Waals surface area contributed by atoms with Crippen LogP contribution in [0.25, 0.3) is 0 Å². The van der Waals surface area contributed by atoms with Crippen molar-refractivity contribution >= 4 is 17.8 Å². The zero-order valence-electron chi connectivity index (χ0n) is 11.8. The van der Waals surface area contributed by atoms with Crippen LogP contribution in [0.2, 0.25) is 0 Å². The number of fused-ring (bicyclic) bond motifs is 1. The van der Waals surface area contributed by atoms with Crippen molar-refractivity contribution in [3.05, 3.63) is 12.2 Å². The van der Waals surface area contributed by atoms with Gasteiger partial charge < -0.3 is 19.5 Å². The highest BCUT2D eigenvalue weighted by molar-refractivity contribution is 5.93. The molecule has 2 fully saturated rings. The molecule has 0 radical (unpaired) electrons. The molecule has 1 amide bonds. The fraction of sp³-hybridized carbons (Fsp3) is 0.643. The molecular formula is C14H17NO6. The Hall–Kier alpha value is -1.89. The molecular weight excluding hydrogens is 278 g/mol. The SMILES string of the molecule is CCOC(=O)C(C)N1CC23C=CC(O2)C(C(=O)O)C3C1=O. The van der Waals surface area contributed by atoms with E-state index in [0.717, 1.165) is 0 Å². The van der Waals surface area contributed by atoms with Gasteiger partial charge in [0.25, 0.3) is 0 Å².